The molecule has 0 bridgehead atoms. The molecule has 0 fully saturated rings. The van der Waals surface area contributed by atoms with Crippen LogP contribution in [0.3, 0.4) is 0 Å². The Hall–Kier alpha value is -0.540. The monoisotopic (exact) mass is 244 g/mol. The minimum atomic E-state index is 0.490. The summed E-state index contributed by atoms with van der Waals surface area (Å²) < 4.78 is 0.833. The number of aromatic amines is 1. The van der Waals surface area contributed by atoms with E-state index in [4.69, 9.17) is 11.6 Å². The maximum absolute atomic E-state index is 5.82. The van der Waals surface area contributed by atoms with E-state index < -0.39 is 0 Å². The van der Waals surface area contributed by atoms with E-state index in [0.717, 1.165) is 15.5 Å². The molecule has 4 heteroatoms. The van der Waals surface area contributed by atoms with Crippen molar-refractivity contribution in [3.8, 4) is 0 Å². The van der Waals surface area contributed by atoms with Gasteiger partial charge in [0.15, 0.2) is 0 Å². The molecule has 12 heavy (non-hydrogen) atoms. The molecule has 0 aromatic carbocycles. The van der Waals surface area contributed by atoms with Crippen LogP contribution in [0.2, 0.25) is 5.15 Å². The number of aromatic nitrogens is 2. The van der Waals surface area contributed by atoms with Crippen LogP contribution in [0.5, 0.6) is 0 Å². The van der Waals surface area contributed by atoms with Gasteiger partial charge in [0.1, 0.15) is 10.8 Å². The molecule has 0 saturated carbocycles. The number of nitrogens with zero attached hydrogens (tertiary/aromatic N) is 1. The van der Waals surface area contributed by atoms with E-state index in [9.17, 15) is 0 Å². The largest absolute Gasteiger partial charge is 0.346 e. The van der Waals surface area contributed by atoms with Crippen LogP contribution in [0.15, 0.2) is 16.7 Å². The fourth-order valence-corrected chi connectivity index (χ4v) is 1.59. The predicted octanol–water partition coefficient (Wildman–Crippen LogP) is 3.29. The predicted molar refractivity (Wildman–Crippen MR) is 53.5 cm³/mol. The fraction of sp³-hybridized carbons (Fsp3) is 0.125. The summed E-state index contributed by atoms with van der Waals surface area (Å²) >= 11 is 9.15. The smallest absolute Gasteiger partial charge is 0.145 e. The third-order valence-electron chi connectivity index (χ3n) is 1.78. The maximum Gasteiger partial charge on any atom is 0.145 e. The molecule has 0 aliphatic carbocycles. The van der Waals surface area contributed by atoms with Crippen molar-refractivity contribution in [1.29, 1.82) is 0 Å². The van der Waals surface area contributed by atoms with E-state index >= 15 is 0 Å². The van der Waals surface area contributed by atoms with Crippen LogP contribution in [-0.2, 0) is 0 Å². The lowest BCUT2D eigenvalue weighted by Gasteiger charge is -1.95. The zero-order valence-corrected chi connectivity index (χ0v) is 8.70. The molecule has 2 aromatic rings. The molecule has 0 aliphatic rings. The van der Waals surface area contributed by atoms with Gasteiger partial charge >= 0.3 is 0 Å². The van der Waals surface area contributed by atoms with Crippen LogP contribution in [0.1, 0.15) is 5.56 Å². The number of nitrogens with one attached hydrogen (secondary N) is 1. The molecule has 0 spiro atoms. The second-order valence-electron chi connectivity index (χ2n) is 2.63. The number of fused-ring (bicyclic) bond motifs is 1. The molecule has 0 saturated heterocycles. The lowest BCUT2D eigenvalue weighted by molar-refractivity contribution is 1.31. The van der Waals surface area contributed by atoms with E-state index in [1.165, 1.54) is 5.56 Å². The van der Waals surface area contributed by atoms with Gasteiger partial charge < -0.3 is 4.98 Å². The lowest BCUT2D eigenvalue weighted by Crippen LogP contribution is -1.79. The number of halogens is 2. The quantitative estimate of drug-likeness (QED) is 0.709. The second-order valence-corrected chi connectivity index (χ2v) is 3.84. The first-order valence-electron chi connectivity index (χ1n) is 3.48. The molecule has 0 unspecified atom stereocenters. The van der Waals surface area contributed by atoms with Crippen molar-refractivity contribution in [3.05, 3.63) is 27.5 Å². The summed E-state index contributed by atoms with van der Waals surface area (Å²) in [5.41, 5.74) is 2.01. The first kappa shape index (κ1) is 8.08. The van der Waals surface area contributed by atoms with Gasteiger partial charge in [0.2, 0.25) is 0 Å². The van der Waals surface area contributed by atoms with E-state index in [2.05, 4.69) is 25.9 Å². The lowest BCUT2D eigenvalue weighted by atomic mass is 10.2. The van der Waals surface area contributed by atoms with Gasteiger partial charge in [-0.25, -0.2) is 4.98 Å². The SMILES string of the molecule is Cc1c[nH]c2nc(Cl)c(Br)cc12. The first-order valence-corrected chi connectivity index (χ1v) is 4.65. The van der Waals surface area contributed by atoms with E-state index in [-0.39, 0.29) is 0 Å². The number of rotatable bonds is 0. The molecule has 1 N–H and O–H groups in total. The Morgan fingerprint density at radius 3 is 3.08 bits per heavy atom. The summed E-state index contributed by atoms with van der Waals surface area (Å²) in [6.45, 7) is 2.03. The summed E-state index contributed by atoms with van der Waals surface area (Å²) in [5, 5.41) is 1.59. The highest BCUT2D eigenvalue weighted by Gasteiger charge is 2.04. The third kappa shape index (κ3) is 1.13. The maximum atomic E-state index is 5.82. The van der Waals surface area contributed by atoms with Crippen LogP contribution >= 0.6 is 27.5 Å². The van der Waals surface area contributed by atoms with Crippen LogP contribution in [0.25, 0.3) is 11.0 Å². The Labute approximate surface area is 83.1 Å². The highest BCUT2D eigenvalue weighted by Crippen LogP contribution is 2.26. The van der Waals surface area contributed by atoms with Gasteiger partial charge in [-0.3, -0.25) is 0 Å². The summed E-state index contributed by atoms with van der Waals surface area (Å²) in [6, 6.07) is 1.97. The van der Waals surface area contributed by atoms with Crippen LogP contribution in [-0.4, -0.2) is 9.97 Å². The molecule has 2 aromatic heterocycles. The Morgan fingerprint density at radius 1 is 1.58 bits per heavy atom. The highest BCUT2D eigenvalue weighted by molar-refractivity contribution is 9.10. The Morgan fingerprint density at radius 2 is 2.33 bits per heavy atom. The average Bonchev–Trinajstić information content (AvgIpc) is 2.35. The van der Waals surface area contributed by atoms with Crippen molar-refractivity contribution in [2.24, 2.45) is 0 Å². The van der Waals surface area contributed by atoms with Crippen molar-refractivity contribution in [2.75, 3.05) is 0 Å². The van der Waals surface area contributed by atoms with Crippen LogP contribution < -0.4 is 0 Å². The third-order valence-corrected chi connectivity index (χ3v) is 2.90. The Balaban J connectivity index is 2.87. The van der Waals surface area contributed by atoms with Gasteiger partial charge in [0.25, 0.3) is 0 Å². The van der Waals surface area contributed by atoms with Crippen LogP contribution in [0.4, 0.5) is 0 Å². The van der Waals surface area contributed by atoms with Gasteiger partial charge in [-0.1, -0.05) is 11.6 Å². The zero-order chi connectivity index (χ0) is 8.72. The number of H-pyrrole nitrogens is 1. The van der Waals surface area contributed by atoms with Crippen molar-refractivity contribution in [3.63, 3.8) is 0 Å². The van der Waals surface area contributed by atoms with E-state index in [1.54, 1.807) is 0 Å². The summed E-state index contributed by atoms with van der Waals surface area (Å²) in [5.74, 6) is 0. The van der Waals surface area contributed by atoms with Crippen LogP contribution in [0, 0.1) is 6.92 Å². The summed E-state index contributed by atoms with van der Waals surface area (Å²) in [6.07, 6.45) is 1.92. The first-order chi connectivity index (χ1) is 5.68. The number of hydrogen-bond acceptors (Lipinski definition) is 1. The zero-order valence-electron chi connectivity index (χ0n) is 6.36. The summed E-state index contributed by atoms with van der Waals surface area (Å²) in [4.78, 5) is 7.20. The van der Waals surface area contributed by atoms with Crippen molar-refractivity contribution >= 4 is 38.6 Å². The average molecular weight is 246 g/mol. The van der Waals surface area contributed by atoms with Gasteiger partial charge in [0.05, 0.1) is 4.47 Å². The molecule has 0 amide bonds. The van der Waals surface area contributed by atoms with Gasteiger partial charge in [-0.15, -0.1) is 0 Å². The normalized spacial score (nSPS) is 10.9. The second kappa shape index (κ2) is 2.75. The fourth-order valence-electron chi connectivity index (χ4n) is 1.13. The van der Waals surface area contributed by atoms with E-state index in [0.29, 0.717) is 5.15 Å². The molecule has 0 aliphatic heterocycles. The minimum Gasteiger partial charge on any atom is -0.346 e. The van der Waals surface area contributed by atoms with Crippen molar-refractivity contribution in [2.45, 2.75) is 6.92 Å². The summed E-state index contributed by atoms with van der Waals surface area (Å²) in [7, 11) is 0. The minimum absolute atomic E-state index is 0.490. The topological polar surface area (TPSA) is 28.7 Å². The molecule has 0 atom stereocenters. The number of hydrogen-bond donors (Lipinski definition) is 1. The molecule has 2 rings (SSSR count). The Bertz CT molecular complexity index is 436. The highest BCUT2D eigenvalue weighted by atomic mass is 79.9. The van der Waals surface area contributed by atoms with Crippen molar-refractivity contribution in [1.82, 2.24) is 9.97 Å². The van der Waals surface area contributed by atoms with Crippen molar-refractivity contribution < 1.29 is 0 Å². The van der Waals surface area contributed by atoms with Gasteiger partial charge in [-0.05, 0) is 34.5 Å². The molecule has 2 nitrogen and oxygen atoms in total. The van der Waals surface area contributed by atoms with Gasteiger partial charge in [-0.2, -0.15) is 0 Å². The Kier molecular flexibility index (Phi) is 1.85. The molecule has 62 valence electrons. The molecule has 2 heterocycles. The standard InChI is InChI=1S/C8H6BrClN2/c1-4-3-11-8-5(4)2-6(9)7(10)12-8/h2-3H,1H3,(H,11,12). The van der Waals surface area contributed by atoms with Gasteiger partial charge in [0, 0.05) is 11.6 Å². The molecule has 0 radical (unpaired) electrons. The number of aryl methyl sites for hydroxylation is 1. The molecular weight excluding hydrogens is 239 g/mol. The van der Waals surface area contributed by atoms with E-state index in [1.807, 2.05) is 19.2 Å². The number of pyridine rings is 1. The molecular formula is C8H6BrClN2.